The molecule has 7 heteroatoms. The minimum atomic E-state index is -0.372. The van der Waals surface area contributed by atoms with Gasteiger partial charge in [-0.05, 0) is 18.6 Å². The second kappa shape index (κ2) is 4.97. The van der Waals surface area contributed by atoms with Gasteiger partial charge in [-0.25, -0.2) is 4.98 Å². The van der Waals surface area contributed by atoms with Crippen LogP contribution in [-0.4, -0.2) is 28.7 Å². The Morgan fingerprint density at radius 1 is 1.42 bits per heavy atom. The van der Waals surface area contributed by atoms with Crippen molar-refractivity contribution in [2.24, 2.45) is 0 Å². The predicted molar refractivity (Wildman–Crippen MR) is 73.4 cm³/mol. The molecule has 1 heterocycles. The van der Waals surface area contributed by atoms with Crippen LogP contribution in [0.25, 0.3) is 0 Å². The number of nitrogens with one attached hydrogen (secondary N) is 1. The molecule has 0 amide bonds. The summed E-state index contributed by atoms with van der Waals surface area (Å²) in [7, 11) is 3.55. The van der Waals surface area contributed by atoms with Crippen LogP contribution < -0.4 is 10.3 Å². The first kappa shape index (κ1) is 12.9. The fourth-order valence-corrected chi connectivity index (χ4v) is 1.77. The minimum Gasteiger partial charge on any atom is -0.372 e. The summed E-state index contributed by atoms with van der Waals surface area (Å²) in [6.07, 6.45) is 5.03. The van der Waals surface area contributed by atoms with Crippen LogP contribution in [0.5, 0.6) is 0 Å². The van der Waals surface area contributed by atoms with Crippen LogP contribution in [0.2, 0.25) is 0 Å². The largest absolute Gasteiger partial charge is 0.372 e. The Kier molecular flexibility index (Phi) is 3.37. The number of aryl methyl sites for hydroxylation is 1. The number of rotatable bonds is 4. The molecule has 0 bridgehead atoms. The van der Waals surface area contributed by atoms with E-state index >= 15 is 0 Å². The molecule has 2 aromatic rings. The van der Waals surface area contributed by atoms with E-state index in [2.05, 4.69) is 10.4 Å². The first-order chi connectivity index (χ1) is 8.99. The van der Waals surface area contributed by atoms with Crippen molar-refractivity contribution in [2.45, 2.75) is 6.92 Å². The maximum absolute atomic E-state index is 11.0. The van der Waals surface area contributed by atoms with E-state index < -0.39 is 0 Å². The molecule has 0 aliphatic rings. The van der Waals surface area contributed by atoms with Crippen molar-refractivity contribution in [1.29, 1.82) is 0 Å². The van der Waals surface area contributed by atoms with Gasteiger partial charge >= 0.3 is 0 Å². The van der Waals surface area contributed by atoms with Gasteiger partial charge in [0.05, 0.1) is 10.6 Å². The normalized spacial score (nSPS) is 10.3. The maximum atomic E-state index is 11.0. The fourth-order valence-electron chi connectivity index (χ4n) is 1.77. The number of nitro benzene ring substituents is 1. The lowest BCUT2D eigenvalue weighted by molar-refractivity contribution is -0.384. The Morgan fingerprint density at radius 3 is 2.68 bits per heavy atom. The van der Waals surface area contributed by atoms with Crippen molar-refractivity contribution < 1.29 is 4.92 Å². The summed E-state index contributed by atoms with van der Waals surface area (Å²) in [4.78, 5) is 16.3. The number of imidazole rings is 1. The quantitative estimate of drug-likeness (QED) is 0.673. The van der Waals surface area contributed by atoms with Crippen LogP contribution in [0.4, 0.5) is 17.1 Å². The third-order valence-electron chi connectivity index (χ3n) is 2.75. The first-order valence-electron chi connectivity index (χ1n) is 5.70. The number of aromatic nitrogens is 2. The Labute approximate surface area is 110 Å². The number of benzene rings is 1. The Bertz CT molecular complexity index is 592. The molecule has 7 nitrogen and oxygen atoms in total. The van der Waals surface area contributed by atoms with Crippen molar-refractivity contribution in [1.82, 2.24) is 9.66 Å². The van der Waals surface area contributed by atoms with Gasteiger partial charge < -0.3 is 4.90 Å². The van der Waals surface area contributed by atoms with Gasteiger partial charge in [0.1, 0.15) is 12.0 Å². The lowest BCUT2D eigenvalue weighted by Crippen LogP contribution is -2.13. The summed E-state index contributed by atoms with van der Waals surface area (Å²) in [5.74, 6) is 0. The van der Waals surface area contributed by atoms with Crippen LogP contribution in [0.1, 0.15) is 5.56 Å². The van der Waals surface area contributed by atoms with Crippen molar-refractivity contribution in [3.8, 4) is 0 Å². The average Bonchev–Trinajstić information content (AvgIpc) is 2.83. The topological polar surface area (TPSA) is 76.2 Å². The second-order valence-electron chi connectivity index (χ2n) is 4.39. The summed E-state index contributed by atoms with van der Waals surface area (Å²) in [6.45, 7) is 1.83. The lowest BCUT2D eigenvalue weighted by atomic mass is 10.1. The summed E-state index contributed by atoms with van der Waals surface area (Å²) in [6, 6.07) is 3.32. The fraction of sp³-hybridized carbons (Fsp3) is 0.250. The third-order valence-corrected chi connectivity index (χ3v) is 2.75. The monoisotopic (exact) mass is 261 g/mol. The van der Waals surface area contributed by atoms with Crippen LogP contribution in [0.15, 0.2) is 30.9 Å². The molecule has 0 saturated heterocycles. The molecule has 2 rings (SSSR count). The standard InChI is InChI=1S/C12H15N5O2/c1-9-6-12(17(18)19)11(15(2)3)7-10(9)14-16-5-4-13-8-16/h4-8,14H,1-3H3. The zero-order valence-corrected chi connectivity index (χ0v) is 11.0. The SMILES string of the molecule is Cc1cc([N+](=O)[O-])c(N(C)C)cc1Nn1ccnc1. The van der Waals surface area contributed by atoms with Gasteiger partial charge in [0.15, 0.2) is 0 Å². The number of anilines is 2. The molecule has 1 aromatic heterocycles. The highest BCUT2D eigenvalue weighted by Gasteiger charge is 2.18. The van der Waals surface area contributed by atoms with E-state index in [-0.39, 0.29) is 10.6 Å². The van der Waals surface area contributed by atoms with Crippen molar-refractivity contribution in [3.63, 3.8) is 0 Å². The Morgan fingerprint density at radius 2 is 2.16 bits per heavy atom. The molecular formula is C12H15N5O2. The zero-order valence-electron chi connectivity index (χ0n) is 11.0. The van der Waals surface area contributed by atoms with Crippen LogP contribution in [0.3, 0.4) is 0 Å². The van der Waals surface area contributed by atoms with Crippen LogP contribution in [-0.2, 0) is 0 Å². The van der Waals surface area contributed by atoms with Gasteiger partial charge in [0, 0.05) is 32.6 Å². The lowest BCUT2D eigenvalue weighted by Gasteiger charge is -2.17. The maximum Gasteiger partial charge on any atom is 0.292 e. The minimum absolute atomic E-state index is 0.0960. The molecule has 0 atom stereocenters. The molecule has 0 spiro atoms. The van der Waals surface area contributed by atoms with E-state index in [1.165, 1.54) is 0 Å². The highest BCUT2D eigenvalue weighted by Crippen LogP contribution is 2.32. The summed E-state index contributed by atoms with van der Waals surface area (Å²) in [5, 5.41) is 11.0. The van der Waals surface area contributed by atoms with Crippen molar-refractivity contribution in [2.75, 3.05) is 24.4 Å². The molecule has 0 aliphatic heterocycles. The van der Waals surface area contributed by atoms with E-state index in [9.17, 15) is 10.1 Å². The summed E-state index contributed by atoms with van der Waals surface area (Å²) < 4.78 is 1.69. The van der Waals surface area contributed by atoms with Gasteiger partial charge in [-0.1, -0.05) is 0 Å². The molecule has 0 saturated carbocycles. The van der Waals surface area contributed by atoms with Gasteiger partial charge in [-0.15, -0.1) is 0 Å². The third kappa shape index (κ3) is 2.65. The van der Waals surface area contributed by atoms with Gasteiger partial charge in [-0.3, -0.25) is 20.2 Å². The average molecular weight is 261 g/mol. The zero-order chi connectivity index (χ0) is 14.0. The van der Waals surface area contributed by atoms with E-state index in [1.807, 2.05) is 6.92 Å². The molecule has 1 N–H and O–H groups in total. The molecule has 100 valence electrons. The molecule has 0 radical (unpaired) electrons. The van der Waals surface area contributed by atoms with E-state index in [4.69, 9.17) is 0 Å². The Balaban J connectivity index is 2.45. The number of hydrogen-bond acceptors (Lipinski definition) is 5. The van der Waals surface area contributed by atoms with E-state index in [0.29, 0.717) is 5.69 Å². The molecule has 0 fully saturated rings. The smallest absolute Gasteiger partial charge is 0.292 e. The summed E-state index contributed by atoms with van der Waals surface area (Å²) >= 11 is 0. The number of hydrogen-bond donors (Lipinski definition) is 1. The van der Waals surface area contributed by atoms with Gasteiger partial charge in [0.2, 0.25) is 0 Å². The van der Waals surface area contributed by atoms with Crippen LogP contribution >= 0.6 is 0 Å². The molecular weight excluding hydrogens is 246 g/mol. The second-order valence-corrected chi connectivity index (χ2v) is 4.39. The first-order valence-corrected chi connectivity index (χ1v) is 5.70. The molecule has 0 aliphatic carbocycles. The molecule has 19 heavy (non-hydrogen) atoms. The number of nitrogens with zero attached hydrogens (tertiary/aromatic N) is 4. The highest BCUT2D eigenvalue weighted by atomic mass is 16.6. The van der Waals surface area contributed by atoms with E-state index in [1.54, 1.807) is 54.5 Å². The van der Waals surface area contributed by atoms with Gasteiger partial charge in [-0.2, -0.15) is 0 Å². The van der Waals surface area contributed by atoms with Gasteiger partial charge in [0.25, 0.3) is 5.69 Å². The van der Waals surface area contributed by atoms with Crippen molar-refractivity contribution in [3.05, 3.63) is 46.5 Å². The molecule has 1 aromatic carbocycles. The molecule has 0 unspecified atom stereocenters. The Hall–Kier alpha value is -2.57. The summed E-state index contributed by atoms with van der Waals surface area (Å²) in [5.41, 5.74) is 5.36. The highest BCUT2D eigenvalue weighted by molar-refractivity contribution is 5.72. The van der Waals surface area contributed by atoms with Crippen LogP contribution in [0, 0.1) is 17.0 Å². The van der Waals surface area contributed by atoms with E-state index in [0.717, 1.165) is 11.3 Å². The van der Waals surface area contributed by atoms with Crippen molar-refractivity contribution >= 4 is 17.1 Å². The predicted octanol–water partition coefficient (Wildman–Crippen LogP) is 2.04. The number of nitro groups is 1.